The summed E-state index contributed by atoms with van der Waals surface area (Å²) in [5, 5.41) is 7.99. The number of nitrogens with two attached hydrogens (primary N) is 1. The molecule has 1 aromatic heterocycles. The molecular weight excluding hydrogens is 180 g/mol. The zero-order chi connectivity index (χ0) is 9.97. The fraction of sp³-hybridized carbons (Fsp3) is 0.778. The quantitative estimate of drug-likeness (QED) is 0.775. The molecule has 1 unspecified atom stereocenters. The number of rotatable bonds is 3. The van der Waals surface area contributed by atoms with E-state index in [0.717, 1.165) is 38.2 Å². The highest BCUT2D eigenvalue weighted by Crippen LogP contribution is 2.22. The summed E-state index contributed by atoms with van der Waals surface area (Å²) in [6.07, 6.45) is 3.01. The van der Waals surface area contributed by atoms with Gasteiger partial charge in [0.2, 0.25) is 0 Å². The molecule has 2 N–H and O–H groups in total. The molecule has 1 aliphatic rings. The van der Waals surface area contributed by atoms with Gasteiger partial charge < -0.3 is 10.5 Å². The van der Waals surface area contributed by atoms with Crippen LogP contribution in [0.3, 0.4) is 0 Å². The third kappa shape index (κ3) is 1.59. The smallest absolute Gasteiger partial charge is 0.169 e. The first kappa shape index (κ1) is 9.45. The van der Waals surface area contributed by atoms with Gasteiger partial charge in [-0.2, -0.15) is 0 Å². The van der Waals surface area contributed by atoms with E-state index in [2.05, 4.69) is 17.2 Å². The number of nitrogens with zero attached hydrogens (tertiary/aromatic N) is 3. The SMILES string of the molecule is CCCc1c(N)nnn1C1CCOC1. The van der Waals surface area contributed by atoms with Crippen molar-refractivity contribution in [3.8, 4) is 0 Å². The van der Waals surface area contributed by atoms with Gasteiger partial charge in [-0.1, -0.05) is 18.6 Å². The van der Waals surface area contributed by atoms with Crippen LogP contribution in [-0.4, -0.2) is 28.2 Å². The van der Waals surface area contributed by atoms with Gasteiger partial charge in [-0.3, -0.25) is 0 Å². The lowest BCUT2D eigenvalue weighted by molar-refractivity contribution is 0.183. The first-order chi connectivity index (χ1) is 6.83. The Labute approximate surface area is 83.2 Å². The molecule has 0 aromatic carbocycles. The van der Waals surface area contributed by atoms with Crippen molar-refractivity contribution < 1.29 is 4.74 Å². The maximum Gasteiger partial charge on any atom is 0.169 e. The average molecular weight is 196 g/mol. The molecule has 14 heavy (non-hydrogen) atoms. The Morgan fingerprint density at radius 2 is 2.50 bits per heavy atom. The van der Waals surface area contributed by atoms with Crippen molar-refractivity contribution >= 4 is 5.82 Å². The second kappa shape index (κ2) is 3.96. The lowest BCUT2D eigenvalue weighted by Crippen LogP contribution is -2.14. The number of hydrogen-bond donors (Lipinski definition) is 1. The molecule has 0 bridgehead atoms. The van der Waals surface area contributed by atoms with Gasteiger partial charge in [-0.25, -0.2) is 4.68 Å². The number of ether oxygens (including phenoxy) is 1. The van der Waals surface area contributed by atoms with E-state index < -0.39 is 0 Å². The van der Waals surface area contributed by atoms with Crippen molar-refractivity contribution in [2.75, 3.05) is 18.9 Å². The molecule has 78 valence electrons. The van der Waals surface area contributed by atoms with E-state index in [9.17, 15) is 0 Å². The minimum Gasteiger partial charge on any atom is -0.381 e. The zero-order valence-corrected chi connectivity index (χ0v) is 8.44. The first-order valence-corrected chi connectivity index (χ1v) is 5.10. The molecule has 2 heterocycles. The van der Waals surface area contributed by atoms with Gasteiger partial charge in [0.25, 0.3) is 0 Å². The van der Waals surface area contributed by atoms with E-state index in [-0.39, 0.29) is 0 Å². The highest BCUT2D eigenvalue weighted by molar-refractivity contribution is 5.33. The normalized spacial score (nSPS) is 21.6. The molecule has 5 heteroatoms. The predicted octanol–water partition coefficient (Wildman–Crippen LogP) is 0.774. The Balaban J connectivity index is 2.22. The van der Waals surface area contributed by atoms with Crippen molar-refractivity contribution in [3.05, 3.63) is 5.69 Å². The number of hydrogen-bond acceptors (Lipinski definition) is 4. The molecule has 0 amide bonds. The van der Waals surface area contributed by atoms with Gasteiger partial charge in [-0.15, -0.1) is 5.10 Å². The highest BCUT2D eigenvalue weighted by Gasteiger charge is 2.22. The molecule has 1 fully saturated rings. The average Bonchev–Trinajstić information content (AvgIpc) is 2.77. The van der Waals surface area contributed by atoms with Crippen LogP contribution in [0.4, 0.5) is 5.82 Å². The van der Waals surface area contributed by atoms with E-state index in [0.29, 0.717) is 11.9 Å². The van der Waals surface area contributed by atoms with Crippen molar-refractivity contribution in [3.63, 3.8) is 0 Å². The molecule has 0 aliphatic carbocycles. The van der Waals surface area contributed by atoms with Crippen LogP contribution in [0.2, 0.25) is 0 Å². The van der Waals surface area contributed by atoms with E-state index in [1.54, 1.807) is 0 Å². The Kier molecular flexibility index (Phi) is 2.67. The largest absolute Gasteiger partial charge is 0.381 e. The summed E-state index contributed by atoms with van der Waals surface area (Å²) in [4.78, 5) is 0. The maximum absolute atomic E-state index is 5.76. The second-order valence-corrected chi connectivity index (χ2v) is 3.63. The summed E-state index contributed by atoms with van der Waals surface area (Å²) in [5.41, 5.74) is 6.82. The van der Waals surface area contributed by atoms with Crippen LogP contribution in [0, 0.1) is 0 Å². The van der Waals surface area contributed by atoms with Crippen molar-refractivity contribution in [1.82, 2.24) is 15.0 Å². The second-order valence-electron chi connectivity index (χ2n) is 3.63. The fourth-order valence-electron chi connectivity index (χ4n) is 1.81. The Morgan fingerprint density at radius 1 is 1.64 bits per heavy atom. The summed E-state index contributed by atoms with van der Waals surface area (Å²) >= 11 is 0. The van der Waals surface area contributed by atoms with Gasteiger partial charge in [0.05, 0.1) is 18.3 Å². The van der Waals surface area contributed by atoms with E-state index in [4.69, 9.17) is 10.5 Å². The maximum atomic E-state index is 5.76. The summed E-state index contributed by atoms with van der Waals surface area (Å²) in [5.74, 6) is 0.568. The van der Waals surface area contributed by atoms with Crippen LogP contribution in [0.1, 0.15) is 31.5 Å². The van der Waals surface area contributed by atoms with Crippen LogP contribution in [0.5, 0.6) is 0 Å². The molecule has 0 spiro atoms. The molecule has 1 saturated heterocycles. The standard InChI is InChI=1S/C9H16N4O/c1-2-3-8-9(10)11-12-13(8)7-4-5-14-6-7/h7H,2-6,10H2,1H3. The molecule has 1 aliphatic heterocycles. The van der Waals surface area contributed by atoms with Gasteiger partial charge in [-0.05, 0) is 12.8 Å². The Morgan fingerprint density at radius 3 is 3.14 bits per heavy atom. The summed E-state index contributed by atoms with van der Waals surface area (Å²) in [7, 11) is 0. The lowest BCUT2D eigenvalue weighted by Gasteiger charge is -2.10. The van der Waals surface area contributed by atoms with Gasteiger partial charge in [0, 0.05) is 6.61 Å². The minimum atomic E-state index is 0.335. The molecule has 2 rings (SSSR count). The fourth-order valence-corrected chi connectivity index (χ4v) is 1.81. The third-order valence-electron chi connectivity index (χ3n) is 2.56. The van der Waals surface area contributed by atoms with E-state index in [1.807, 2.05) is 4.68 Å². The number of anilines is 1. The van der Waals surface area contributed by atoms with Gasteiger partial charge in [0.15, 0.2) is 5.82 Å². The monoisotopic (exact) mass is 196 g/mol. The predicted molar refractivity (Wildman–Crippen MR) is 52.9 cm³/mol. The van der Waals surface area contributed by atoms with Crippen LogP contribution in [0.15, 0.2) is 0 Å². The summed E-state index contributed by atoms with van der Waals surface area (Å²) in [6.45, 7) is 3.68. The summed E-state index contributed by atoms with van der Waals surface area (Å²) < 4.78 is 7.26. The van der Waals surface area contributed by atoms with Gasteiger partial charge in [0.1, 0.15) is 0 Å². The third-order valence-corrected chi connectivity index (χ3v) is 2.56. The van der Waals surface area contributed by atoms with Crippen molar-refractivity contribution in [2.45, 2.75) is 32.2 Å². The molecule has 1 aromatic rings. The van der Waals surface area contributed by atoms with Crippen LogP contribution >= 0.6 is 0 Å². The number of aromatic nitrogens is 3. The number of nitrogen functional groups attached to an aromatic ring is 1. The zero-order valence-electron chi connectivity index (χ0n) is 8.44. The molecule has 0 radical (unpaired) electrons. The van der Waals surface area contributed by atoms with Crippen molar-refractivity contribution in [1.29, 1.82) is 0 Å². The molecule has 1 atom stereocenters. The molecular formula is C9H16N4O. The minimum absolute atomic E-state index is 0.335. The van der Waals surface area contributed by atoms with Crippen LogP contribution in [0.25, 0.3) is 0 Å². The molecule has 5 nitrogen and oxygen atoms in total. The first-order valence-electron chi connectivity index (χ1n) is 5.10. The van der Waals surface area contributed by atoms with Crippen LogP contribution in [-0.2, 0) is 11.2 Å². The highest BCUT2D eigenvalue weighted by atomic mass is 16.5. The molecule has 0 saturated carbocycles. The lowest BCUT2D eigenvalue weighted by atomic mass is 10.2. The Bertz CT molecular complexity index is 304. The van der Waals surface area contributed by atoms with Gasteiger partial charge >= 0.3 is 0 Å². The van der Waals surface area contributed by atoms with E-state index in [1.165, 1.54) is 0 Å². The van der Waals surface area contributed by atoms with E-state index >= 15 is 0 Å². The Hall–Kier alpha value is -1.10. The summed E-state index contributed by atoms with van der Waals surface area (Å²) in [6, 6.07) is 0.335. The van der Waals surface area contributed by atoms with Crippen LogP contribution < -0.4 is 5.73 Å². The topological polar surface area (TPSA) is 66.0 Å². The van der Waals surface area contributed by atoms with Crippen molar-refractivity contribution in [2.24, 2.45) is 0 Å².